The van der Waals surface area contributed by atoms with Crippen LogP contribution in [0.3, 0.4) is 0 Å². The van der Waals surface area contributed by atoms with Gasteiger partial charge in [-0.2, -0.15) is 0 Å². The molecular formula is C7H6FIN2. The Kier molecular flexibility index (Phi) is 2.43. The van der Waals surface area contributed by atoms with Gasteiger partial charge in [0.1, 0.15) is 11.7 Å². The maximum absolute atomic E-state index is 12.5. The Balaban J connectivity index is 3.20. The van der Waals surface area contributed by atoms with Crippen molar-refractivity contribution in [2.75, 3.05) is 0 Å². The average molecular weight is 264 g/mol. The minimum Gasteiger partial charge on any atom is -0.384 e. The van der Waals surface area contributed by atoms with Gasteiger partial charge in [-0.05, 0) is 40.8 Å². The van der Waals surface area contributed by atoms with Gasteiger partial charge in [-0.25, -0.2) is 4.39 Å². The number of hydrogen-bond acceptors (Lipinski definition) is 1. The minimum absolute atomic E-state index is 0.0330. The molecule has 0 aliphatic rings. The van der Waals surface area contributed by atoms with Gasteiger partial charge in [0.2, 0.25) is 0 Å². The first-order valence-electron chi connectivity index (χ1n) is 2.90. The lowest BCUT2D eigenvalue weighted by molar-refractivity contribution is 0.626. The van der Waals surface area contributed by atoms with Crippen LogP contribution in [-0.2, 0) is 0 Å². The smallest absolute Gasteiger partial charge is 0.124 e. The topological polar surface area (TPSA) is 49.9 Å². The number of hydrogen-bond donors (Lipinski definition) is 2. The lowest BCUT2D eigenvalue weighted by Crippen LogP contribution is -2.12. The Bertz CT molecular complexity index is 298. The van der Waals surface area contributed by atoms with Crippen molar-refractivity contribution in [3.63, 3.8) is 0 Å². The highest BCUT2D eigenvalue weighted by atomic mass is 127. The van der Waals surface area contributed by atoms with Crippen molar-refractivity contribution < 1.29 is 4.39 Å². The minimum atomic E-state index is -0.306. The second kappa shape index (κ2) is 3.17. The summed E-state index contributed by atoms with van der Waals surface area (Å²) in [7, 11) is 0. The van der Waals surface area contributed by atoms with E-state index in [0.29, 0.717) is 9.13 Å². The predicted octanol–water partition coefficient (Wildman–Crippen LogP) is 1.71. The molecule has 0 bridgehead atoms. The Labute approximate surface area is 77.2 Å². The van der Waals surface area contributed by atoms with E-state index in [0.717, 1.165) is 0 Å². The first-order valence-corrected chi connectivity index (χ1v) is 3.98. The molecule has 3 N–H and O–H groups in total. The molecular weight excluding hydrogens is 258 g/mol. The number of halogens is 2. The van der Waals surface area contributed by atoms with Crippen LogP contribution >= 0.6 is 22.6 Å². The van der Waals surface area contributed by atoms with E-state index in [1.165, 1.54) is 18.2 Å². The van der Waals surface area contributed by atoms with Crippen LogP contribution in [0.2, 0.25) is 0 Å². The van der Waals surface area contributed by atoms with E-state index in [-0.39, 0.29) is 11.7 Å². The fourth-order valence-corrected chi connectivity index (χ4v) is 1.48. The van der Waals surface area contributed by atoms with Crippen molar-refractivity contribution in [2.24, 2.45) is 5.73 Å². The van der Waals surface area contributed by atoms with Gasteiger partial charge >= 0.3 is 0 Å². The highest BCUT2D eigenvalue weighted by molar-refractivity contribution is 14.1. The van der Waals surface area contributed by atoms with Crippen LogP contribution in [0.5, 0.6) is 0 Å². The molecule has 0 amide bonds. The van der Waals surface area contributed by atoms with Gasteiger partial charge in [-0.15, -0.1) is 0 Å². The van der Waals surface area contributed by atoms with E-state index >= 15 is 0 Å². The number of benzene rings is 1. The summed E-state index contributed by atoms with van der Waals surface area (Å²) in [6.45, 7) is 0. The maximum atomic E-state index is 12.5. The van der Waals surface area contributed by atoms with Crippen molar-refractivity contribution in [3.05, 3.63) is 33.1 Å². The van der Waals surface area contributed by atoms with Gasteiger partial charge in [0, 0.05) is 9.13 Å². The fraction of sp³-hybridized carbons (Fsp3) is 0. The molecule has 0 aromatic heterocycles. The summed E-state index contributed by atoms with van der Waals surface area (Å²) in [6.07, 6.45) is 0. The molecule has 0 aliphatic heterocycles. The Morgan fingerprint density at radius 1 is 1.55 bits per heavy atom. The third-order valence-corrected chi connectivity index (χ3v) is 2.11. The van der Waals surface area contributed by atoms with E-state index in [1.54, 1.807) is 0 Å². The van der Waals surface area contributed by atoms with Crippen molar-refractivity contribution in [1.82, 2.24) is 0 Å². The molecule has 58 valence electrons. The summed E-state index contributed by atoms with van der Waals surface area (Å²) in [4.78, 5) is 0. The molecule has 0 fully saturated rings. The molecule has 1 aromatic rings. The zero-order chi connectivity index (χ0) is 8.43. The summed E-state index contributed by atoms with van der Waals surface area (Å²) in [5, 5.41) is 7.10. The van der Waals surface area contributed by atoms with Crippen LogP contribution in [0.1, 0.15) is 5.56 Å². The largest absolute Gasteiger partial charge is 0.384 e. The molecule has 0 unspecified atom stereocenters. The van der Waals surface area contributed by atoms with Crippen LogP contribution in [0.15, 0.2) is 18.2 Å². The van der Waals surface area contributed by atoms with Crippen LogP contribution in [0.4, 0.5) is 4.39 Å². The zero-order valence-electron chi connectivity index (χ0n) is 5.57. The first kappa shape index (κ1) is 8.45. The molecule has 4 heteroatoms. The van der Waals surface area contributed by atoms with Crippen LogP contribution in [0, 0.1) is 14.8 Å². The number of rotatable bonds is 1. The number of nitrogens with one attached hydrogen (secondary N) is 1. The second-order valence-corrected chi connectivity index (χ2v) is 3.20. The van der Waals surface area contributed by atoms with Gasteiger partial charge in [-0.3, -0.25) is 5.41 Å². The molecule has 0 spiro atoms. The molecule has 0 saturated carbocycles. The van der Waals surface area contributed by atoms with Gasteiger partial charge in [-0.1, -0.05) is 0 Å². The van der Waals surface area contributed by atoms with E-state index < -0.39 is 0 Å². The lowest BCUT2D eigenvalue weighted by Gasteiger charge is -2.00. The molecule has 0 atom stereocenters. The zero-order valence-corrected chi connectivity index (χ0v) is 7.72. The van der Waals surface area contributed by atoms with Crippen molar-refractivity contribution in [1.29, 1.82) is 5.41 Å². The lowest BCUT2D eigenvalue weighted by atomic mass is 10.2. The SMILES string of the molecule is N=C(N)c1ccc(F)cc1I. The molecule has 1 aromatic carbocycles. The van der Waals surface area contributed by atoms with Crippen molar-refractivity contribution in [2.45, 2.75) is 0 Å². The normalized spacial score (nSPS) is 9.64. The summed E-state index contributed by atoms with van der Waals surface area (Å²) in [5.74, 6) is -0.339. The molecule has 0 radical (unpaired) electrons. The number of nitrogens with two attached hydrogens (primary N) is 1. The van der Waals surface area contributed by atoms with Gasteiger partial charge in [0.05, 0.1) is 0 Å². The van der Waals surface area contributed by atoms with Gasteiger partial charge in [0.15, 0.2) is 0 Å². The van der Waals surface area contributed by atoms with E-state index in [1.807, 2.05) is 22.6 Å². The van der Waals surface area contributed by atoms with E-state index in [9.17, 15) is 4.39 Å². The molecule has 0 aliphatic carbocycles. The van der Waals surface area contributed by atoms with Crippen LogP contribution in [-0.4, -0.2) is 5.84 Å². The standard InChI is InChI=1S/C7H6FIN2/c8-4-1-2-5(7(10)11)6(9)3-4/h1-3H,(H3,10,11). The van der Waals surface area contributed by atoms with Crippen molar-refractivity contribution >= 4 is 28.4 Å². The van der Waals surface area contributed by atoms with E-state index in [2.05, 4.69) is 0 Å². The fourth-order valence-electron chi connectivity index (χ4n) is 0.708. The monoisotopic (exact) mass is 264 g/mol. The predicted molar refractivity (Wildman–Crippen MR) is 50.1 cm³/mol. The van der Waals surface area contributed by atoms with E-state index in [4.69, 9.17) is 11.1 Å². The van der Waals surface area contributed by atoms with Crippen LogP contribution in [0.25, 0.3) is 0 Å². The molecule has 2 nitrogen and oxygen atoms in total. The third kappa shape index (κ3) is 1.89. The summed E-state index contributed by atoms with van der Waals surface area (Å²) in [6, 6.07) is 4.13. The Hall–Kier alpha value is -0.650. The summed E-state index contributed by atoms with van der Waals surface area (Å²) in [5.41, 5.74) is 5.80. The second-order valence-electron chi connectivity index (χ2n) is 2.04. The van der Waals surface area contributed by atoms with Crippen molar-refractivity contribution in [3.8, 4) is 0 Å². The highest BCUT2D eigenvalue weighted by Crippen LogP contribution is 2.12. The van der Waals surface area contributed by atoms with Gasteiger partial charge < -0.3 is 5.73 Å². The number of nitrogen functional groups attached to an aromatic ring is 1. The average Bonchev–Trinajstić information content (AvgIpc) is 1.85. The third-order valence-electron chi connectivity index (χ3n) is 1.22. The quantitative estimate of drug-likeness (QED) is 0.453. The first-order chi connectivity index (χ1) is 5.11. The molecule has 0 saturated heterocycles. The Morgan fingerprint density at radius 3 is 2.64 bits per heavy atom. The summed E-state index contributed by atoms with van der Waals surface area (Å²) >= 11 is 1.94. The Morgan fingerprint density at radius 2 is 2.18 bits per heavy atom. The highest BCUT2D eigenvalue weighted by Gasteiger charge is 2.02. The maximum Gasteiger partial charge on any atom is 0.124 e. The molecule has 11 heavy (non-hydrogen) atoms. The summed E-state index contributed by atoms with van der Waals surface area (Å²) < 4.78 is 13.2. The molecule has 0 heterocycles. The van der Waals surface area contributed by atoms with Gasteiger partial charge in [0.25, 0.3) is 0 Å². The number of amidine groups is 1. The molecule has 1 rings (SSSR count). The van der Waals surface area contributed by atoms with Crippen LogP contribution < -0.4 is 5.73 Å².